The van der Waals surface area contributed by atoms with E-state index < -0.39 is 0 Å². The smallest absolute Gasteiger partial charge is 0.257 e. The summed E-state index contributed by atoms with van der Waals surface area (Å²) in [6.45, 7) is 9.99. The molecule has 0 bridgehead atoms. The third kappa shape index (κ3) is 4.49. The molecule has 2 N–H and O–H groups in total. The zero-order valence-corrected chi connectivity index (χ0v) is 16.2. The summed E-state index contributed by atoms with van der Waals surface area (Å²) in [4.78, 5) is 14.6. The molecule has 1 amide bonds. The molecule has 5 heteroatoms. The van der Waals surface area contributed by atoms with Crippen molar-refractivity contribution in [2.45, 2.75) is 20.8 Å². The lowest BCUT2D eigenvalue weighted by atomic mass is 10.0. The van der Waals surface area contributed by atoms with Crippen LogP contribution in [-0.4, -0.2) is 37.0 Å². The molecule has 5 nitrogen and oxygen atoms in total. The molecule has 3 rings (SSSR count). The van der Waals surface area contributed by atoms with Gasteiger partial charge in [0.15, 0.2) is 0 Å². The molecule has 0 saturated heterocycles. The first-order valence-corrected chi connectivity index (χ1v) is 9.45. The molecule has 0 fully saturated rings. The van der Waals surface area contributed by atoms with Crippen molar-refractivity contribution in [3.05, 3.63) is 59.8 Å². The van der Waals surface area contributed by atoms with Crippen molar-refractivity contribution in [2.75, 3.05) is 36.9 Å². The van der Waals surface area contributed by atoms with E-state index >= 15 is 0 Å². The zero-order valence-electron chi connectivity index (χ0n) is 16.2. The Morgan fingerprint density at radius 2 is 1.85 bits per heavy atom. The number of hydrogen-bond acceptors (Lipinski definition) is 4. The number of hydrogen-bond donors (Lipinski definition) is 2. The van der Waals surface area contributed by atoms with Crippen LogP contribution in [0.2, 0.25) is 0 Å². The van der Waals surface area contributed by atoms with E-state index in [1.165, 1.54) is 0 Å². The molecule has 27 heavy (non-hydrogen) atoms. The largest absolute Gasteiger partial charge is 0.492 e. The summed E-state index contributed by atoms with van der Waals surface area (Å²) in [6, 6.07) is 13.7. The van der Waals surface area contributed by atoms with Gasteiger partial charge in [-0.25, -0.2) is 0 Å². The molecule has 1 heterocycles. The van der Waals surface area contributed by atoms with E-state index in [0.29, 0.717) is 12.2 Å². The summed E-state index contributed by atoms with van der Waals surface area (Å²) < 4.78 is 5.80. The lowest BCUT2D eigenvalue weighted by Gasteiger charge is -2.18. The van der Waals surface area contributed by atoms with Gasteiger partial charge in [-0.15, -0.1) is 0 Å². The van der Waals surface area contributed by atoms with Gasteiger partial charge in [0.05, 0.1) is 5.57 Å². The van der Waals surface area contributed by atoms with Crippen molar-refractivity contribution in [3.63, 3.8) is 0 Å². The number of carbonyl (C=O) groups excluding carboxylic acids is 1. The lowest BCUT2D eigenvalue weighted by molar-refractivity contribution is -0.110. The van der Waals surface area contributed by atoms with Crippen molar-refractivity contribution >= 4 is 22.9 Å². The van der Waals surface area contributed by atoms with Crippen molar-refractivity contribution in [1.82, 2.24) is 4.90 Å². The highest BCUT2D eigenvalue weighted by Crippen LogP contribution is 2.34. The highest BCUT2D eigenvalue weighted by atomic mass is 16.5. The number of ether oxygens (including phenoxy) is 1. The number of nitrogens with zero attached hydrogens (tertiary/aromatic N) is 1. The molecule has 0 spiro atoms. The maximum Gasteiger partial charge on any atom is 0.257 e. The molecule has 1 aliphatic heterocycles. The second-order valence-corrected chi connectivity index (χ2v) is 6.55. The predicted molar refractivity (Wildman–Crippen MR) is 111 cm³/mol. The van der Waals surface area contributed by atoms with Gasteiger partial charge >= 0.3 is 0 Å². The maximum atomic E-state index is 12.2. The number of fused-ring (bicyclic) bond motifs is 1. The first-order valence-electron chi connectivity index (χ1n) is 9.45. The first-order chi connectivity index (χ1) is 13.1. The number of nitrogens with one attached hydrogen (secondary N) is 2. The van der Waals surface area contributed by atoms with Gasteiger partial charge in [-0.1, -0.05) is 26.0 Å². The Morgan fingerprint density at radius 3 is 2.56 bits per heavy atom. The standard InChI is InChI=1S/C22H27N3O2/c1-4-25(5-2)13-14-27-18-11-9-17(10-12-18)23-15-19-21-16(3)7-6-8-20(21)24-22(19)26/h6-12,15,23H,4-5,13-14H2,1-3H3,(H,24,26). The third-order valence-electron chi connectivity index (χ3n) is 4.84. The van der Waals surface area contributed by atoms with E-state index in [1.807, 2.05) is 49.4 Å². The van der Waals surface area contributed by atoms with Crippen molar-refractivity contribution in [3.8, 4) is 5.75 Å². The molecule has 0 saturated carbocycles. The Balaban J connectivity index is 1.61. The molecule has 1 aliphatic rings. The number of benzene rings is 2. The summed E-state index contributed by atoms with van der Waals surface area (Å²) in [7, 11) is 0. The minimum atomic E-state index is -0.0804. The second kappa shape index (κ2) is 8.73. The van der Waals surface area contributed by atoms with Crippen LogP contribution in [-0.2, 0) is 4.79 Å². The van der Waals surface area contributed by atoms with Crippen LogP contribution in [0.25, 0.3) is 5.57 Å². The van der Waals surface area contributed by atoms with E-state index in [2.05, 4.69) is 29.4 Å². The minimum absolute atomic E-state index is 0.0804. The summed E-state index contributed by atoms with van der Waals surface area (Å²) in [5.74, 6) is 0.767. The van der Waals surface area contributed by atoms with Gasteiger partial charge in [-0.05, 0) is 55.9 Å². The van der Waals surface area contributed by atoms with Crippen LogP contribution in [0.15, 0.2) is 48.7 Å². The Labute approximate surface area is 161 Å². The van der Waals surface area contributed by atoms with Crippen molar-refractivity contribution in [1.29, 1.82) is 0 Å². The van der Waals surface area contributed by atoms with E-state index in [-0.39, 0.29) is 5.91 Å². The average Bonchev–Trinajstić information content (AvgIpc) is 3.01. The van der Waals surface area contributed by atoms with Gasteiger partial charge in [0.2, 0.25) is 0 Å². The normalized spacial score (nSPS) is 14.4. The molecule has 2 aromatic carbocycles. The summed E-state index contributed by atoms with van der Waals surface area (Å²) >= 11 is 0. The lowest BCUT2D eigenvalue weighted by Crippen LogP contribution is -2.27. The molecular formula is C22H27N3O2. The topological polar surface area (TPSA) is 53.6 Å². The molecule has 0 atom stereocenters. The molecule has 0 radical (unpaired) electrons. The second-order valence-electron chi connectivity index (χ2n) is 6.55. The van der Waals surface area contributed by atoms with Gasteiger partial charge < -0.3 is 20.3 Å². The highest BCUT2D eigenvalue weighted by Gasteiger charge is 2.25. The average molecular weight is 365 g/mol. The Morgan fingerprint density at radius 1 is 1.11 bits per heavy atom. The van der Waals surface area contributed by atoms with E-state index in [0.717, 1.165) is 47.9 Å². The highest BCUT2D eigenvalue weighted by molar-refractivity contribution is 6.32. The molecule has 142 valence electrons. The van der Waals surface area contributed by atoms with Crippen molar-refractivity contribution in [2.24, 2.45) is 0 Å². The predicted octanol–water partition coefficient (Wildman–Crippen LogP) is 4.12. The first kappa shape index (κ1) is 19.0. The van der Waals surface area contributed by atoms with Crippen LogP contribution in [0.1, 0.15) is 25.0 Å². The number of anilines is 2. The van der Waals surface area contributed by atoms with Gasteiger partial charge in [0.1, 0.15) is 12.4 Å². The van der Waals surface area contributed by atoms with Crippen LogP contribution in [0.5, 0.6) is 5.75 Å². The molecule has 0 unspecified atom stereocenters. The van der Waals surface area contributed by atoms with Crippen molar-refractivity contribution < 1.29 is 9.53 Å². The molecule has 2 aromatic rings. The SMILES string of the molecule is CCN(CC)CCOc1ccc(NC=C2C(=O)Nc3cccc(C)c32)cc1. The fourth-order valence-electron chi connectivity index (χ4n) is 3.21. The summed E-state index contributed by atoms with van der Waals surface area (Å²) in [5.41, 5.74) is 4.48. The Kier molecular flexibility index (Phi) is 6.14. The van der Waals surface area contributed by atoms with E-state index in [9.17, 15) is 4.79 Å². The number of carbonyl (C=O) groups is 1. The fraction of sp³-hybridized carbons (Fsp3) is 0.318. The molecule has 0 aliphatic carbocycles. The third-order valence-corrected chi connectivity index (χ3v) is 4.84. The zero-order chi connectivity index (χ0) is 19.2. The summed E-state index contributed by atoms with van der Waals surface area (Å²) in [6.07, 6.45) is 1.77. The van der Waals surface area contributed by atoms with Gasteiger partial charge in [0.25, 0.3) is 5.91 Å². The van der Waals surface area contributed by atoms with E-state index in [1.54, 1.807) is 6.20 Å². The number of aryl methyl sites for hydroxylation is 1. The van der Waals surface area contributed by atoms with E-state index in [4.69, 9.17) is 4.74 Å². The van der Waals surface area contributed by atoms with Gasteiger partial charge in [-0.2, -0.15) is 0 Å². The monoisotopic (exact) mass is 365 g/mol. The van der Waals surface area contributed by atoms with Crippen LogP contribution in [0.3, 0.4) is 0 Å². The van der Waals surface area contributed by atoms with Gasteiger partial charge in [0, 0.05) is 29.7 Å². The van der Waals surface area contributed by atoms with Crippen LogP contribution < -0.4 is 15.4 Å². The fourth-order valence-corrected chi connectivity index (χ4v) is 3.21. The van der Waals surface area contributed by atoms with Crippen LogP contribution in [0, 0.1) is 6.92 Å². The Bertz CT molecular complexity index is 824. The maximum absolute atomic E-state index is 12.2. The molecular weight excluding hydrogens is 338 g/mol. The number of rotatable bonds is 8. The van der Waals surface area contributed by atoms with Crippen LogP contribution >= 0.6 is 0 Å². The van der Waals surface area contributed by atoms with Gasteiger partial charge in [-0.3, -0.25) is 4.79 Å². The molecule has 0 aromatic heterocycles. The van der Waals surface area contributed by atoms with Crippen LogP contribution in [0.4, 0.5) is 11.4 Å². The summed E-state index contributed by atoms with van der Waals surface area (Å²) in [5, 5.41) is 6.12. The quantitative estimate of drug-likeness (QED) is 0.691. The number of likely N-dealkylation sites (N-methyl/N-ethyl adjacent to an activating group) is 1. The minimum Gasteiger partial charge on any atom is -0.492 e. The number of amides is 1. The Hall–Kier alpha value is -2.79.